The van der Waals surface area contributed by atoms with Crippen LogP contribution in [0.4, 0.5) is 0 Å². The predicted molar refractivity (Wildman–Crippen MR) is 112 cm³/mol. The Kier molecular flexibility index (Phi) is 4.85. The van der Waals surface area contributed by atoms with Gasteiger partial charge in [-0.2, -0.15) is 0 Å². The first-order chi connectivity index (χ1) is 13.2. The van der Waals surface area contributed by atoms with Crippen molar-refractivity contribution in [3.8, 4) is 0 Å². The minimum atomic E-state index is 0.0523. The van der Waals surface area contributed by atoms with E-state index < -0.39 is 0 Å². The molecule has 2 aliphatic rings. The van der Waals surface area contributed by atoms with Crippen LogP contribution in [0.3, 0.4) is 0 Å². The number of rotatable bonds is 5. The summed E-state index contributed by atoms with van der Waals surface area (Å²) in [5.74, 6) is 2.37. The Balaban J connectivity index is 1.50. The second-order valence-corrected chi connectivity index (χ2v) is 10.2. The molecule has 2 aliphatic carbocycles. The maximum atomic E-state index is 13.2. The molecule has 0 aliphatic heterocycles. The lowest BCUT2D eigenvalue weighted by molar-refractivity contribution is 0.0823. The molecule has 0 radical (unpaired) electrons. The third kappa shape index (κ3) is 2.99. The minimum Gasteiger partial charge on any atom is -0.361 e. The zero-order valence-corrected chi connectivity index (χ0v) is 18.3. The first-order valence-electron chi connectivity index (χ1n) is 10.2. The zero-order valence-electron chi connectivity index (χ0n) is 17.5. The molecule has 1 N–H and O–H groups in total. The van der Waals surface area contributed by atoms with E-state index in [-0.39, 0.29) is 17.4 Å². The van der Waals surface area contributed by atoms with Crippen molar-refractivity contribution >= 4 is 17.7 Å². The van der Waals surface area contributed by atoms with E-state index in [1.54, 1.807) is 11.8 Å². The van der Waals surface area contributed by atoms with Crippen LogP contribution in [-0.4, -0.2) is 17.1 Å². The number of benzene rings is 1. The summed E-state index contributed by atoms with van der Waals surface area (Å²) in [7, 11) is 0. The van der Waals surface area contributed by atoms with E-state index in [1.165, 1.54) is 12.8 Å². The van der Waals surface area contributed by atoms with Gasteiger partial charge in [-0.15, -0.1) is 11.8 Å². The van der Waals surface area contributed by atoms with Crippen LogP contribution in [0.25, 0.3) is 0 Å². The number of nitrogens with zero attached hydrogens (tertiary/aromatic N) is 1. The fourth-order valence-electron chi connectivity index (χ4n) is 5.30. The molecule has 0 unspecified atom stereocenters. The van der Waals surface area contributed by atoms with Crippen molar-refractivity contribution in [3.63, 3.8) is 0 Å². The zero-order chi connectivity index (χ0) is 20.1. The molecule has 1 heterocycles. The quantitative estimate of drug-likeness (QED) is 0.673. The number of aryl methyl sites for hydroxylation is 2. The monoisotopic (exact) mass is 398 g/mol. The number of amides is 1. The third-order valence-corrected chi connectivity index (χ3v) is 8.88. The highest BCUT2D eigenvalue weighted by atomic mass is 32.2. The van der Waals surface area contributed by atoms with Crippen molar-refractivity contribution < 1.29 is 9.32 Å². The summed E-state index contributed by atoms with van der Waals surface area (Å²) in [5, 5.41) is 7.43. The van der Waals surface area contributed by atoms with E-state index in [9.17, 15) is 4.79 Å². The van der Waals surface area contributed by atoms with Crippen molar-refractivity contribution in [2.24, 2.45) is 16.7 Å². The van der Waals surface area contributed by atoms with Gasteiger partial charge in [0, 0.05) is 22.3 Å². The highest BCUT2D eigenvalue weighted by Gasteiger charge is 2.61. The number of nitrogens with one attached hydrogen (secondary N) is 1. The first kappa shape index (κ1) is 19.6. The van der Waals surface area contributed by atoms with Crippen molar-refractivity contribution in [1.82, 2.24) is 10.5 Å². The largest absolute Gasteiger partial charge is 0.361 e. The molecule has 2 fully saturated rings. The third-order valence-electron chi connectivity index (χ3n) is 7.78. The number of hydrogen-bond acceptors (Lipinski definition) is 4. The summed E-state index contributed by atoms with van der Waals surface area (Å²) >= 11 is 1.67. The molecule has 5 heteroatoms. The van der Waals surface area contributed by atoms with E-state index in [1.807, 2.05) is 38.1 Å². The fourth-order valence-corrected chi connectivity index (χ4v) is 6.50. The van der Waals surface area contributed by atoms with Gasteiger partial charge in [0.15, 0.2) is 0 Å². The fraction of sp³-hybridized carbons (Fsp3) is 0.565. The van der Waals surface area contributed by atoms with Crippen molar-refractivity contribution in [3.05, 3.63) is 46.8 Å². The van der Waals surface area contributed by atoms with Gasteiger partial charge in [-0.1, -0.05) is 38.1 Å². The van der Waals surface area contributed by atoms with E-state index in [0.717, 1.165) is 39.7 Å². The summed E-state index contributed by atoms with van der Waals surface area (Å²) in [6.45, 7) is 11.0. The Bertz CT molecular complexity index is 884. The summed E-state index contributed by atoms with van der Waals surface area (Å²) in [4.78, 5) is 14.2. The number of thioether (sulfide) groups is 1. The summed E-state index contributed by atoms with van der Waals surface area (Å²) < 4.78 is 5.27. The topological polar surface area (TPSA) is 55.1 Å². The molecule has 2 bridgehead atoms. The summed E-state index contributed by atoms with van der Waals surface area (Å²) in [6, 6.07) is 8.17. The average molecular weight is 399 g/mol. The van der Waals surface area contributed by atoms with Crippen LogP contribution < -0.4 is 5.32 Å². The van der Waals surface area contributed by atoms with Gasteiger partial charge in [0.2, 0.25) is 0 Å². The highest BCUT2D eigenvalue weighted by Crippen LogP contribution is 2.65. The first-order valence-corrected chi connectivity index (χ1v) is 11.2. The predicted octanol–water partition coefficient (Wildman–Crippen LogP) is 5.53. The second-order valence-electron chi connectivity index (χ2n) is 9.22. The molecular weight excluding hydrogens is 368 g/mol. The van der Waals surface area contributed by atoms with Crippen LogP contribution in [0, 0.1) is 30.6 Å². The maximum absolute atomic E-state index is 13.2. The maximum Gasteiger partial charge on any atom is 0.252 e. The van der Waals surface area contributed by atoms with Crippen LogP contribution in [-0.2, 0) is 5.75 Å². The molecular formula is C23H30N2O2S. The molecule has 2 aromatic rings. The lowest BCUT2D eigenvalue weighted by Crippen LogP contribution is -2.47. The average Bonchev–Trinajstić information content (AvgIpc) is 3.17. The molecule has 1 aromatic heterocycles. The van der Waals surface area contributed by atoms with E-state index in [2.05, 4.69) is 31.2 Å². The molecule has 0 saturated heterocycles. The summed E-state index contributed by atoms with van der Waals surface area (Å²) in [5.41, 5.74) is 3.28. The Hall–Kier alpha value is -1.75. The number of fused-ring (bicyclic) bond motifs is 2. The standard InChI is InChI=1S/C23H30N2O2S/c1-14-18(15(2)27-25-14)13-28-19-9-7-6-8-17(19)21(26)24-20-12-16-10-11-23(20,5)22(16,3)4/h6-9,16,20H,10-13H2,1-5H3,(H,24,26)/t16-,20-,23+/m1/s1. The van der Waals surface area contributed by atoms with Gasteiger partial charge in [0.1, 0.15) is 5.76 Å². The number of carbonyl (C=O) groups excluding carboxylic acids is 1. The molecule has 4 nitrogen and oxygen atoms in total. The molecule has 4 rings (SSSR count). The van der Waals surface area contributed by atoms with E-state index in [0.29, 0.717) is 11.3 Å². The van der Waals surface area contributed by atoms with Gasteiger partial charge in [-0.05, 0) is 62.0 Å². The smallest absolute Gasteiger partial charge is 0.252 e. The number of hydrogen-bond donors (Lipinski definition) is 1. The van der Waals surface area contributed by atoms with Crippen LogP contribution in [0.15, 0.2) is 33.7 Å². The Labute approximate surface area is 171 Å². The molecule has 3 atom stereocenters. The minimum absolute atomic E-state index is 0.0523. The Morgan fingerprint density at radius 2 is 2.04 bits per heavy atom. The lowest BCUT2D eigenvalue weighted by atomic mass is 9.69. The van der Waals surface area contributed by atoms with Gasteiger partial charge >= 0.3 is 0 Å². The normalized spacial score (nSPS) is 27.9. The van der Waals surface area contributed by atoms with Crippen LogP contribution in [0.1, 0.15) is 67.4 Å². The van der Waals surface area contributed by atoms with Gasteiger partial charge in [-0.25, -0.2) is 0 Å². The molecule has 0 spiro atoms. The van der Waals surface area contributed by atoms with Gasteiger partial charge in [-0.3, -0.25) is 4.79 Å². The highest BCUT2D eigenvalue weighted by molar-refractivity contribution is 7.98. The van der Waals surface area contributed by atoms with Crippen LogP contribution in [0.5, 0.6) is 0 Å². The Morgan fingerprint density at radius 1 is 1.29 bits per heavy atom. The van der Waals surface area contributed by atoms with Gasteiger partial charge in [0.05, 0.1) is 11.3 Å². The lowest BCUT2D eigenvalue weighted by Gasteiger charge is -2.39. The molecule has 28 heavy (non-hydrogen) atoms. The van der Waals surface area contributed by atoms with Gasteiger partial charge < -0.3 is 9.84 Å². The number of aromatic nitrogens is 1. The van der Waals surface area contributed by atoms with Gasteiger partial charge in [0.25, 0.3) is 5.91 Å². The van der Waals surface area contributed by atoms with Crippen LogP contribution >= 0.6 is 11.8 Å². The Morgan fingerprint density at radius 3 is 2.64 bits per heavy atom. The second kappa shape index (κ2) is 6.94. The van der Waals surface area contributed by atoms with Crippen molar-refractivity contribution in [2.75, 3.05) is 0 Å². The SMILES string of the molecule is Cc1noc(C)c1CSc1ccccc1C(=O)N[C@@H]1C[C@H]2CC[C@]1(C)C2(C)C. The van der Waals surface area contributed by atoms with E-state index >= 15 is 0 Å². The molecule has 2 saturated carbocycles. The molecule has 1 aromatic carbocycles. The molecule has 1 amide bonds. The van der Waals surface area contributed by atoms with Crippen LogP contribution in [0.2, 0.25) is 0 Å². The van der Waals surface area contributed by atoms with Crippen molar-refractivity contribution in [1.29, 1.82) is 0 Å². The number of carbonyl (C=O) groups is 1. The van der Waals surface area contributed by atoms with E-state index in [4.69, 9.17) is 4.52 Å². The molecule has 150 valence electrons. The summed E-state index contributed by atoms with van der Waals surface area (Å²) in [6.07, 6.45) is 3.60. The van der Waals surface area contributed by atoms with Crippen molar-refractivity contribution in [2.45, 2.75) is 70.6 Å².